The average molecular weight is 1470 g/mol. The lowest BCUT2D eigenvalue weighted by molar-refractivity contribution is -0.161. The Morgan fingerprint density at radius 3 is 0.842 bits per heavy atom. The second-order valence-corrected chi connectivity index (χ2v) is 31.3. The van der Waals surface area contributed by atoms with E-state index >= 15 is 0 Å². The van der Waals surface area contributed by atoms with Crippen LogP contribution in [0.1, 0.15) is 388 Å². The van der Waals surface area contributed by atoms with E-state index in [0.29, 0.717) is 25.7 Å². The first-order valence-electron chi connectivity index (χ1n) is 41.3. The van der Waals surface area contributed by atoms with Crippen molar-refractivity contribution >= 4 is 39.5 Å². The average Bonchev–Trinajstić information content (AvgIpc) is 1.22. The summed E-state index contributed by atoms with van der Waals surface area (Å²) in [5.74, 6) is -1.39. The topological polar surface area (TPSA) is 237 Å². The van der Waals surface area contributed by atoms with Gasteiger partial charge in [-0.1, -0.05) is 334 Å². The Bertz CT molecular complexity index is 2120. The SMILES string of the molecule is CCCCCC/C=C\C=C/CCCCCCCC(=O)OC[C@H](COP(=O)(O)OC[C@@H](O)COP(=O)(O)OC[C@@H](COC(=O)CCCCCCCCCCC(C)CC)OC(=O)CCCCCCC/C=C\C=C/CCCCCC)OC(=O)CCCCCCCCCCCCCCCCCCCCC. The summed E-state index contributed by atoms with van der Waals surface area (Å²) >= 11 is 0. The monoisotopic (exact) mass is 1470 g/mol. The van der Waals surface area contributed by atoms with E-state index < -0.39 is 97.5 Å². The van der Waals surface area contributed by atoms with Crippen molar-refractivity contribution in [1.82, 2.24) is 0 Å². The molecule has 6 atom stereocenters. The summed E-state index contributed by atoms with van der Waals surface area (Å²) < 4.78 is 68.7. The summed E-state index contributed by atoms with van der Waals surface area (Å²) in [4.78, 5) is 73.0. The first-order chi connectivity index (χ1) is 49.1. The number of phosphoric acid groups is 2. The summed E-state index contributed by atoms with van der Waals surface area (Å²) in [6, 6.07) is 0. The lowest BCUT2D eigenvalue weighted by Gasteiger charge is -2.21. The van der Waals surface area contributed by atoms with E-state index in [1.807, 2.05) is 0 Å². The summed E-state index contributed by atoms with van der Waals surface area (Å²) in [6.07, 6.45) is 70.9. The van der Waals surface area contributed by atoms with Gasteiger partial charge >= 0.3 is 39.5 Å². The third-order valence-electron chi connectivity index (χ3n) is 18.4. The molecule has 0 aromatic carbocycles. The van der Waals surface area contributed by atoms with Gasteiger partial charge in [-0.25, -0.2) is 9.13 Å². The van der Waals surface area contributed by atoms with Crippen molar-refractivity contribution in [2.75, 3.05) is 39.6 Å². The number of ether oxygens (including phenoxy) is 4. The maximum atomic E-state index is 13.1. The highest BCUT2D eigenvalue weighted by molar-refractivity contribution is 7.47. The maximum Gasteiger partial charge on any atom is 0.472 e. The summed E-state index contributed by atoms with van der Waals surface area (Å²) in [6.45, 7) is 7.20. The van der Waals surface area contributed by atoms with Gasteiger partial charge in [0.05, 0.1) is 26.4 Å². The highest BCUT2D eigenvalue weighted by atomic mass is 31.2. The van der Waals surface area contributed by atoms with E-state index in [1.165, 1.54) is 180 Å². The van der Waals surface area contributed by atoms with E-state index in [-0.39, 0.29) is 25.7 Å². The molecular formula is C82H152O17P2. The number of esters is 4. The molecule has 0 amide bonds. The number of allylic oxidation sites excluding steroid dienone is 8. The zero-order valence-corrected chi connectivity index (χ0v) is 66.8. The minimum atomic E-state index is -4.97. The molecule has 0 radical (unpaired) electrons. The minimum absolute atomic E-state index is 0.0826. The molecule has 3 unspecified atom stereocenters. The molecule has 17 nitrogen and oxygen atoms in total. The van der Waals surface area contributed by atoms with Gasteiger partial charge in [-0.3, -0.25) is 37.3 Å². The number of aliphatic hydroxyl groups is 1. The molecule has 0 saturated heterocycles. The summed E-state index contributed by atoms with van der Waals surface area (Å²) in [7, 11) is -9.95. The van der Waals surface area contributed by atoms with Crippen LogP contribution in [0.3, 0.4) is 0 Å². The van der Waals surface area contributed by atoms with Gasteiger partial charge < -0.3 is 33.8 Å². The van der Waals surface area contributed by atoms with Gasteiger partial charge in [0.15, 0.2) is 12.2 Å². The number of carbonyl (C=O) groups is 4. The lowest BCUT2D eigenvalue weighted by Crippen LogP contribution is -2.30. The predicted molar refractivity (Wildman–Crippen MR) is 413 cm³/mol. The number of hydrogen-bond acceptors (Lipinski definition) is 15. The first-order valence-corrected chi connectivity index (χ1v) is 44.3. The minimum Gasteiger partial charge on any atom is -0.462 e. The Labute approximate surface area is 617 Å². The van der Waals surface area contributed by atoms with Gasteiger partial charge in [0.2, 0.25) is 0 Å². The van der Waals surface area contributed by atoms with Crippen molar-refractivity contribution in [3.63, 3.8) is 0 Å². The van der Waals surface area contributed by atoms with Crippen LogP contribution in [0, 0.1) is 5.92 Å². The number of phosphoric ester groups is 2. The molecule has 101 heavy (non-hydrogen) atoms. The third kappa shape index (κ3) is 73.7. The highest BCUT2D eigenvalue weighted by Gasteiger charge is 2.30. The smallest absolute Gasteiger partial charge is 0.462 e. The largest absolute Gasteiger partial charge is 0.472 e. The molecule has 592 valence electrons. The van der Waals surface area contributed by atoms with Crippen LogP contribution in [-0.4, -0.2) is 96.7 Å². The van der Waals surface area contributed by atoms with Crippen molar-refractivity contribution in [2.24, 2.45) is 5.92 Å². The molecule has 0 aliphatic carbocycles. The molecule has 0 heterocycles. The predicted octanol–water partition coefficient (Wildman–Crippen LogP) is 23.9. The fraction of sp³-hybridized carbons (Fsp3) is 0.854. The van der Waals surface area contributed by atoms with E-state index in [2.05, 4.69) is 83.2 Å². The standard InChI is InChI=1S/C82H152O17P2/c1-6-10-13-16-19-22-25-28-31-32-33-34-37-40-43-46-53-58-63-68-81(86)98-77(71-92-79(84)65-60-55-50-44-41-38-35-29-26-23-20-17-14-11-7-2)73-96-100(88,89)94-69-76(83)70-95-101(90,91)97-74-78(72-93-80(85)66-61-56-51-48-47-49-54-59-64-75(5)9-4)99-82(87)67-62-57-52-45-42-39-36-30-27-24-21-18-15-12-8-3/h23-24,26-27,29-30,35-36,75-78,83H,6-22,25,28,31-34,37-74H2,1-5H3,(H,88,89)(H,90,91)/b26-23-,27-24-,35-29-,36-30-/t75?,76-,77-,78-/m1/s1. The molecular weight excluding hydrogens is 1320 g/mol. The molecule has 0 fully saturated rings. The van der Waals surface area contributed by atoms with Crippen molar-refractivity contribution < 1.29 is 80.2 Å². The Hall–Kier alpha value is -2.98. The molecule has 0 rings (SSSR count). The molecule has 0 aliphatic rings. The number of hydrogen-bond donors (Lipinski definition) is 3. The van der Waals surface area contributed by atoms with Crippen LogP contribution in [0.15, 0.2) is 48.6 Å². The highest BCUT2D eigenvalue weighted by Crippen LogP contribution is 2.45. The normalized spacial score (nSPS) is 14.4. The maximum absolute atomic E-state index is 13.1. The van der Waals surface area contributed by atoms with Gasteiger partial charge in [0.25, 0.3) is 0 Å². The second-order valence-electron chi connectivity index (χ2n) is 28.4. The fourth-order valence-electron chi connectivity index (χ4n) is 11.7. The van der Waals surface area contributed by atoms with E-state index in [4.69, 9.17) is 37.0 Å². The van der Waals surface area contributed by atoms with Gasteiger partial charge in [-0.15, -0.1) is 0 Å². The zero-order chi connectivity index (χ0) is 74.1. The number of rotatable bonds is 78. The van der Waals surface area contributed by atoms with Crippen LogP contribution in [0.25, 0.3) is 0 Å². The van der Waals surface area contributed by atoms with Crippen molar-refractivity contribution in [2.45, 2.75) is 406 Å². The van der Waals surface area contributed by atoms with Gasteiger partial charge in [-0.2, -0.15) is 0 Å². The Morgan fingerprint density at radius 2 is 0.554 bits per heavy atom. The number of unbranched alkanes of at least 4 members (excludes halogenated alkanes) is 43. The molecule has 0 aromatic heterocycles. The van der Waals surface area contributed by atoms with Crippen LogP contribution in [0.4, 0.5) is 0 Å². The zero-order valence-electron chi connectivity index (χ0n) is 65.0. The molecule has 0 aliphatic heterocycles. The van der Waals surface area contributed by atoms with E-state index in [0.717, 1.165) is 128 Å². The Balaban J connectivity index is 5.32. The summed E-state index contributed by atoms with van der Waals surface area (Å²) in [5, 5.41) is 10.6. The van der Waals surface area contributed by atoms with Crippen molar-refractivity contribution in [1.29, 1.82) is 0 Å². The van der Waals surface area contributed by atoms with Crippen LogP contribution >= 0.6 is 15.6 Å². The Morgan fingerprint density at radius 1 is 0.317 bits per heavy atom. The van der Waals surface area contributed by atoms with Gasteiger partial charge in [0.1, 0.15) is 19.3 Å². The molecule has 0 saturated carbocycles. The second kappa shape index (κ2) is 73.9. The van der Waals surface area contributed by atoms with E-state index in [9.17, 15) is 43.2 Å². The van der Waals surface area contributed by atoms with Crippen molar-refractivity contribution in [3.8, 4) is 0 Å². The molecule has 0 aromatic rings. The Kier molecular flexibility index (Phi) is 71.7. The fourth-order valence-corrected chi connectivity index (χ4v) is 13.2. The van der Waals surface area contributed by atoms with Gasteiger partial charge in [-0.05, 0) is 83.0 Å². The molecule has 0 bridgehead atoms. The van der Waals surface area contributed by atoms with Crippen molar-refractivity contribution in [3.05, 3.63) is 48.6 Å². The first kappa shape index (κ1) is 98.0. The van der Waals surface area contributed by atoms with Crippen LogP contribution in [0.2, 0.25) is 0 Å². The van der Waals surface area contributed by atoms with Crippen LogP contribution in [0.5, 0.6) is 0 Å². The summed E-state index contributed by atoms with van der Waals surface area (Å²) in [5.41, 5.74) is 0. The third-order valence-corrected chi connectivity index (χ3v) is 20.3. The van der Waals surface area contributed by atoms with E-state index in [1.54, 1.807) is 0 Å². The quantitative estimate of drug-likeness (QED) is 0.0169. The lowest BCUT2D eigenvalue weighted by atomic mass is 9.99. The van der Waals surface area contributed by atoms with Crippen LogP contribution < -0.4 is 0 Å². The van der Waals surface area contributed by atoms with Gasteiger partial charge in [0, 0.05) is 25.7 Å². The number of carbonyl (C=O) groups excluding carboxylic acids is 4. The van der Waals surface area contributed by atoms with Crippen LogP contribution in [-0.2, 0) is 65.4 Å². The molecule has 19 heteroatoms. The number of aliphatic hydroxyl groups excluding tert-OH is 1. The molecule has 0 spiro atoms. The molecule has 3 N–H and O–H groups in total.